The number of hydrogen-bond acceptors (Lipinski definition) is 6. The lowest BCUT2D eigenvalue weighted by molar-refractivity contribution is 0.0682. The lowest BCUT2D eigenvalue weighted by Gasteiger charge is -2.30. The quantitative estimate of drug-likeness (QED) is 0.691. The molecule has 0 unspecified atom stereocenters. The molecule has 3 aromatic heterocycles. The Morgan fingerprint density at radius 2 is 2.18 bits per heavy atom. The molecule has 0 radical (unpaired) electrons. The van der Waals surface area contributed by atoms with Crippen molar-refractivity contribution in [1.29, 1.82) is 0 Å². The lowest BCUT2D eigenvalue weighted by atomic mass is 9.99. The minimum absolute atomic E-state index is 0.0462. The number of rotatable bonds is 4. The van der Waals surface area contributed by atoms with E-state index >= 15 is 0 Å². The van der Waals surface area contributed by atoms with Gasteiger partial charge in [-0.3, -0.25) is 4.79 Å². The van der Waals surface area contributed by atoms with Crippen LogP contribution in [0.2, 0.25) is 0 Å². The highest BCUT2D eigenvalue weighted by atomic mass is 16.5. The zero-order chi connectivity index (χ0) is 19.7. The molecule has 0 aromatic carbocycles. The van der Waals surface area contributed by atoms with E-state index < -0.39 is 0 Å². The van der Waals surface area contributed by atoms with Crippen LogP contribution in [0.15, 0.2) is 29.0 Å². The molecule has 4 rings (SSSR count). The van der Waals surface area contributed by atoms with Crippen molar-refractivity contribution >= 4 is 5.91 Å². The molecular formula is C20H24N6O2. The molecule has 0 saturated carbocycles. The van der Waals surface area contributed by atoms with E-state index in [2.05, 4.69) is 27.1 Å². The second-order valence-electron chi connectivity index (χ2n) is 7.33. The fourth-order valence-corrected chi connectivity index (χ4v) is 3.55. The third kappa shape index (κ3) is 3.42. The van der Waals surface area contributed by atoms with E-state index in [4.69, 9.17) is 4.52 Å². The molecule has 28 heavy (non-hydrogen) atoms. The Morgan fingerprint density at radius 1 is 1.32 bits per heavy atom. The highest BCUT2D eigenvalue weighted by Gasteiger charge is 2.25. The van der Waals surface area contributed by atoms with Gasteiger partial charge in [0, 0.05) is 25.7 Å². The molecule has 0 spiro atoms. The van der Waals surface area contributed by atoms with Gasteiger partial charge in [-0.15, -0.1) is 0 Å². The standard InChI is InChI=1S/C20H24N6O2/c1-4-17-23-19(28-24-17)15-7-8-18(21-10-15)26-14(3)16(11-22-26)20(27)25-9-5-6-13(2)12-25/h7-8,10-11,13H,4-6,9,12H2,1-3H3/t13-/m1/s1. The maximum atomic E-state index is 12.9. The van der Waals surface area contributed by atoms with Crippen molar-refractivity contribution in [2.45, 2.75) is 40.0 Å². The van der Waals surface area contributed by atoms with Crippen molar-refractivity contribution in [3.05, 3.63) is 41.6 Å². The Bertz CT molecular complexity index is 975. The summed E-state index contributed by atoms with van der Waals surface area (Å²) >= 11 is 0. The van der Waals surface area contributed by atoms with Crippen molar-refractivity contribution in [2.75, 3.05) is 13.1 Å². The Kier molecular flexibility index (Phi) is 4.93. The van der Waals surface area contributed by atoms with Crippen LogP contribution in [0.5, 0.6) is 0 Å². The van der Waals surface area contributed by atoms with Crippen LogP contribution >= 0.6 is 0 Å². The van der Waals surface area contributed by atoms with Crippen molar-refractivity contribution in [2.24, 2.45) is 5.92 Å². The smallest absolute Gasteiger partial charge is 0.259 e. The fraction of sp³-hybridized carbons (Fsp3) is 0.450. The zero-order valence-corrected chi connectivity index (χ0v) is 16.4. The van der Waals surface area contributed by atoms with Crippen LogP contribution in [-0.4, -0.2) is 48.8 Å². The molecule has 4 heterocycles. The van der Waals surface area contributed by atoms with E-state index in [1.807, 2.05) is 30.9 Å². The first-order valence-electron chi connectivity index (χ1n) is 9.70. The first-order valence-corrected chi connectivity index (χ1v) is 9.70. The minimum atomic E-state index is 0.0462. The van der Waals surface area contributed by atoms with Gasteiger partial charge >= 0.3 is 0 Å². The lowest BCUT2D eigenvalue weighted by Crippen LogP contribution is -2.39. The molecule has 0 aliphatic carbocycles. The summed E-state index contributed by atoms with van der Waals surface area (Å²) in [5, 5.41) is 8.30. The van der Waals surface area contributed by atoms with Crippen molar-refractivity contribution < 1.29 is 9.32 Å². The van der Waals surface area contributed by atoms with Crippen molar-refractivity contribution in [3.8, 4) is 17.3 Å². The molecule has 1 amide bonds. The molecule has 3 aromatic rings. The summed E-state index contributed by atoms with van der Waals surface area (Å²) in [6, 6.07) is 3.70. The molecule has 1 aliphatic heterocycles. The van der Waals surface area contributed by atoms with Crippen LogP contribution < -0.4 is 0 Å². The molecule has 8 nitrogen and oxygen atoms in total. The number of pyridine rings is 1. The van der Waals surface area contributed by atoms with Gasteiger partial charge in [0.25, 0.3) is 11.8 Å². The maximum absolute atomic E-state index is 12.9. The number of likely N-dealkylation sites (tertiary alicyclic amines) is 1. The number of amides is 1. The van der Waals surface area contributed by atoms with Gasteiger partial charge in [-0.2, -0.15) is 10.1 Å². The summed E-state index contributed by atoms with van der Waals surface area (Å²) in [6.07, 6.45) is 6.26. The summed E-state index contributed by atoms with van der Waals surface area (Å²) in [6.45, 7) is 7.67. The van der Waals surface area contributed by atoms with Gasteiger partial charge in [0.15, 0.2) is 11.6 Å². The van der Waals surface area contributed by atoms with Crippen LogP contribution in [0, 0.1) is 12.8 Å². The molecule has 1 saturated heterocycles. The monoisotopic (exact) mass is 380 g/mol. The van der Waals surface area contributed by atoms with Gasteiger partial charge in [-0.1, -0.05) is 19.0 Å². The summed E-state index contributed by atoms with van der Waals surface area (Å²) < 4.78 is 6.94. The van der Waals surface area contributed by atoms with Crippen LogP contribution in [-0.2, 0) is 6.42 Å². The second-order valence-corrected chi connectivity index (χ2v) is 7.33. The molecular weight excluding hydrogens is 356 g/mol. The fourth-order valence-electron chi connectivity index (χ4n) is 3.55. The van der Waals surface area contributed by atoms with E-state index in [1.165, 1.54) is 6.42 Å². The van der Waals surface area contributed by atoms with E-state index in [1.54, 1.807) is 17.1 Å². The molecule has 146 valence electrons. The first kappa shape index (κ1) is 18.3. The number of carbonyl (C=O) groups excluding carboxylic acids is 1. The summed E-state index contributed by atoms with van der Waals surface area (Å²) in [5.41, 5.74) is 2.17. The predicted octanol–water partition coefficient (Wildman–Crippen LogP) is 3.06. The van der Waals surface area contributed by atoms with Gasteiger partial charge in [0.05, 0.1) is 23.0 Å². The number of nitrogens with zero attached hydrogens (tertiary/aromatic N) is 6. The van der Waals surface area contributed by atoms with E-state index in [-0.39, 0.29) is 5.91 Å². The average molecular weight is 380 g/mol. The zero-order valence-electron chi connectivity index (χ0n) is 16.4. The number of hydrogen-bond donors (Lipinski definition) is 0. The molecule has 1 atom stereocenters. The average Bonchev–Trinajstić information content (AvgIpc) is 3.34. The topological polar surface area (TPSA) is 89.9 Å². The third-order valence-electron chi connectivity index (χ3n) is 5.18. The second kappa shape index (κ2) is 7.53. The third-order valence-corrected chi connectivity index (χ3v) is 5.18. The minimum Gasteiger partial charge on any atom is -0.338 e. The van der Waals surface area contributed by atoms with Crippen molar-refractivity contribution in [1.82, 2.24) is 29.8 Å². The summed E-state index contributed by atoms with van der Waals surface area (Å²) in [7, 11) is 0. The normalized spacial score (nSPS) is 17.1. The van der Waals surface area contributed by atoms with Crippen LogP contribution in [0.25, 0.3) is 17.3 Å². The molecule has 8 heteroatoms. The SMILES string of the molecule is CCc1noc(-c2ccc(-n3ncc(C(=O)N4CCC[C@@H](C)C4)c3C)nc2)n1. The Labute approximate surface area is 163 Å². The van der Waals surface area contributed by atoms with Crippen molar-refractivity contribution in [3.63, 3.8) is 0 Å². The molecule has 1 fully saturated rings. The van der Waals surface area contributed by atoms with Gasteiger partial charge in [-0.05, 0) is 37.8 Å². The maximum Gasteiger partial charge on any atom is 0.259 e. The number of aryl methyl sites for hydroxylation is 1. The van der Waals surface area contributed by atoms with Gasteiger partial charge < -0.3 is 9.42 Å². The predicted molar refractivity (Wildman–Crippen MR) is 103 cm³/mol. The van der Waals surface area contributed by atoms with Crippen LogP contribution in [0.3, 0.4) is 0 Å². The van der Waals surface area contributed by atoms with E-state index in [9.17, 15) is 4.79 Å². The van der Waals surface area contributed by atoms with Crippen LogP contribution in [0.1, 0.15) is 48.6 Å². The first-order chi connectivity index (χ1) is 13.6. The van der Waals surface area contributed by atoms with E-state index in [0.717, 1.165) is 30.8 Å². The van der Waals surface area contributed by atoms with Gasteiger partial charge in [0.2, 0.25) is 0 Å². The number of piperidine rings is 1. The largest absolute Gasteiger partial charge is 0.338 e. The van der Waals surface area contributed by atoms with E-state index in [0.29, 0.717) is 35.4 Å². The molecule has 0 bridgehead atoms. The number of aromatic nitrogens is 5. The molecule has 1 aliphatic rings. The highest BCUT2D eigenvalue weighted by molar-refractivity contribution is 5.95. The summed E-state index contributed by atoms with van der Waals surface area (Å²) in [5.74, 6) is 2.34. The summed E-state index contributed by atoms with van der Waals surface area (Å²) in [4.78, 5) is 23.6. The molecule has 0 N–H and O–H groups in total. The Balaban J connectivity index is 1.56. The highest BCUT2D eigenvalue weighted by Crippen LogP contribution is 2.22. The van der Waals surface area contributed by atoms with Gasteiger partial charge in [-0.25, -0.2) is 9.67 Å². The Hall–Kier alpha value is -3.03. The Morgan fingerprint density at radius 3 is 2.86 bits per heavy atom. The van der Waals surface area contributed by atoms with Gasteiger partial charge in [0.1, 0.15) is 0 Å². The number of carbonyl (C=O) groups is 1. The van der Waals surface area contributed by atoms with Crippen LogP contribution in [0.4, 0.5) is 0 Å².